The SMILES string of the molecule is Brc1cc[c]cc1.[Pd]. The molecule has 0 aliphatic carbocycles. The van der Waals surface area contributed by atoms with Crippen molar-refractivity contribution in [1.29, 1.82) is 0 Å². The standard InChI is InChI=1S/C6H4Br.Pd/c7-6-4-2-1-3-5-6;/h2-5H;. The van der Waals surface area contributed by atoms with Crippen LogP contribution in [0, 0.1) is 6.07 Å². The van der Waals surface area contributed by atoms with E-state index in [1.165, 1.54) is 0 Å². The largest absolute Gasteiger partial charge is 0.0533 e. The molecule has 8 heavy (non-hydrogen) atoms. The van der Waals surface area contributed by atoms with E-state index in [0.29, 0.717) is 0 Å². The van der Waals surface area contributed by atoms with Gasteiger partial charge in [-0.15, -0.1) is 0 Å². The molecule has 1 aromatic carbocycles. The van der Waals surface area contributed by atoms with Crippen molar-refractivity contribution in [2.45, 2.75) is 0 Å². The van der Waals surface area contributed by atoms with Gasteiger partial charge in [0.2, 0.25) is 0 Å². The van der Waals surface area contributed by atoms with E-state index >= 15 is 0 Å². The molecule has 0 aliphatic rings. The molecular formula is C6H4BrPd. The molecule has 0 spiro atoms. The minimum Gasteiger partial charge on any atom is -0.0533 e. The van der Waals surface area contributed by atoms with Gasteiger partial charge < -0.3 is 0 Å². The molecule has 2 heteroatoms. The van der Waals surface area contributed by atoms with Crippen LogP contribution < -0.4 is 0 Å². The molecule has 1 rings (SSSR count). The molecule has 0 atom stereocenters. The topological polar surface area (TPSA) is 0 Å². The minimum absolute atomic E-state index is 0. The predicted octanol–water partition coefficient (Wildman–Crippen LogP) is 2.25. The molecule has 0 saturated heterocycles. The number of rotatable bonds is 0. The fourth-order valence-electron chi connectivity index (χ4n) is 0.367. The van der Waals surface area contributed by atoms with Crippen LogP contribution in [0.4, 0.5) is 0 Å². The van der Waals surface area contributed by atoms with Crippen molar-refractivity contribution >= 4 is 15.9 Å². The summed E-state index contributed by atoms with van der Waals surface area (Å²) in [5.41, 5.74) is 0. The van der Waals surface area contributed by atoms with E-state index in [1.807, 2.05) is 24.3 Å². The zero-order valence-corrected chi connectivity index (χ0v) is 7.14. The summed E-state index contributed by atoms with van der Waals surface area (Å²) in [5.74, 6) is 0. The van der Waals surface area contributed by atoms with Gasteiger partial charge in [-0.1, -0.05) is 28.1 Å². The zero-order valence-electron chi connectivity index (χ0n) is 4.00. The molecular weight excluding hydrogens is 258 g/mol. The number of halogens is 1. The Morgan fingerprint density at radius 1 is 1.25 bits per heavy atom. The smallest absolute Gasteiger partial charge is 0.0175 e. The quantitative estimate of drug-likeness (QED) is 0.629. The third-order valence-corrected chi connectivity index (χ3v) is 1.21. The van der Waals surface area contributed by atoms with Gasteiger partial charge in [0.05, 0.1) is 0 Å². The van der Waals surface area contributed by atoms with Crippen LogP contribution in [0.5, 0.6) is 0 Å². The van der Waals surface area contributed by atoms with Crippen LogP contribution in [0.2, 0.25) is 0 Å². The first-order chi connectivity index (χ1) is 3.39. The van der Waals surface area contributed by atoms with E-state index in [-0.39, 0.29) is 20.4 Å². The summed E-state index contributed by atoms with van der Waals surface area (Å²) in [6, 6.07) is 10.5. The second-order valence-electron chi connectivity index (χ2n) is 1.22. The van der Waals surface area contributed by atoms with Crippen LogP contribution in [0.3, 0.4) is 0 Å². The Morgan fingerprint density at radius 3 is 2.00 bits per heavy atom. The van der Waals surface area contributed by atoms with Crippen LogP contribution in [0.1, 0.15) is 0 Å². The molecule has 0 bridgehead atoms. The molecule has 0 aromatic heterocycles. The molecule has 0 saturated carbocycles. The van der Waals surface area contributed by atoms with Gasteiger partial charge in [0.1, 0.15) is 0 Å². The Balaban J connectivity index is 0.000000490. The minimum atomic E-state index is 0. The van der Waals surface area contributed by atoms with Gasteiger partial charge >= 0.3 is 0 Å². The summed E-state index contributed by atoms with van der Waals surface area (Å²) in [6.45, 7) is 0. The molecule has 0 nitrogen and oxygen atoms in total. The summed E-state index contributed by atoms with van der Waals surface area (Å²) in [7, 11) is 0. The predicted molar refractivity (Wildman–Crippen MR) is 33.0 cm³/mol. The van der Waals surface area contributed by atoms with Gasteiger partial charge in [0.15, 0.2) is 0 Å². The molecule has 45 valence electrons. The van der Waals surface area contributed by atoms with E-state index in [0.717, 1.165) is 4.47 Å². The molecule has 0 heterocycles. The van der Waals surface area contributed by atoms with Gasteiger partial charge in [-0.3, -0.25) is 0 Å². The van der Waals surface area contributed by atoms with Crippen molar-refractivity contribution < 1.29 is 20.4 Å². The fourth-order valence-corrected chi connectivity index (χ4v) is 0.631. The summed E-state index contributed by atoms with van der Waals surface area (Å²) >= 11 is 3.29. The molecule has 0 aliphatic heterocycles. The Morgan fingerprint density at radius 2 is 1.75 bits per heavy atom. The second kappa shape index (κ2) is 4.26. The molecule has 0 amide bonds. The van der Waals surface area contributed by atoms with Crippen molar-refractivity contribution in [2.75, 3.05) is 0 Å². The first-order valence-electron chi connectivity index (χ1n) is 2.01. The normalized spacial score (nSPS) is 7.62. The van der Waals surface area contributed by atoms with E-state index in [4.69, 9.17) is 0 Å². The second-order valence-corrected chi connectivity index (χ2v) is 2.13. The molecule has 0 unspecified atom stereocenters. The van der Waals surface area contributed by atoms with Gasteiger partial charge in [0, 0.05) is 24.9 Å². The average molecular weight is 262 g/mol. The Labute approximate surface area is 71.1 Å². The fraction of sp³-hybridized carbons (Fsp3) is 0. The first-order valence-corrected chi connectivity index (χ1v) is 2.80. The number of benzene rings is 1. The summed E-state index contributed by atoms with van der Waals surface area (Å²) in [6.07, 6.45) is 0. The first kappa shape index (κ1) is 8.36. The molecule has 1 radical (unpaired) electrons. The van der Waals surface area contributed by atoms with Crippen molar-refractivity contribution in [3.05, 3.63) is 34.8 Å². The van der Waals surface area contributed by atoms with Crippen molar-refractivity contribution in [3.8, 4) is 0 Å². The maximum atomic E-state index is 3.29. The van der Waals surface area contributed by atoms with E-state index in [2.05, 4.69) is 22.0 Å². The maximum absolute atomic E-state index is 3.29. The Hall–Kier alpha value is 0.362. The van der Waals surface area contributed by atoms with Crippen molar-refractivity contribution in [1.82, 2.24) is 0 Å². The van der Waals surface area contributed by atoms with Crippen LogP contribution in [0.15, 0.2) is 28.7 Å². The summed E-state index contributed by atoms with van der Waals surface area (Å²) in [4.78, 5) is 0. The van der Waals surface area contributed by atoms with Crippen LogP contribution >= 0.6 is 15.9 Å². The molecule has 0 N–H and O–H groups in total. The van der Waals surface area contributed by atoms with E-state index in [1.54, 1.807) is 0 Å². The number of hydrogen-bond acceptors (Lipinski definition) is 0. The van der Waals surface area contributed by atoms with Crippen LogP contribution in [-0.2, 0) is 20.4 Å². The van der Waals surface area contributed by atoms with Crippen molar-refractivity contribution in [2.24, 2.45) is 0 Å². The monoisotopic (exact) mass is 261 g/mol. The molecule has 0 fully saturated rings. The Kier molecular flexibility index (Phi) is 4.45. The van der Waals surface area contributed by atoms with Gasteiger partial charge in [0.25, 0.3) is 0 Å². The molecule has 1 aromatic rings. The number of hydrogen-bond donors (Lipinski definition) is 0. The van der Waals surface area contributed by atoms with Crippen molar-refractivity contribution in [3.63, 3.8) is 0 Å². The summed E-state index contributed by atoms with van der Waals surface area (Å²) in [5, 5.41) is 0. The zero-order chi connectivity index (χ0) is 5.11. The average Bonchev–Trinajstić information content (AvgIpc) is 1.69. The van der Waals surface area contributed by atoms with Crippen LogP contribution in [0.25, 0.3) is 0 Å². The third-order valence-electron chi connectivity index (χ3n) is 0.678. The third kappa shape index (κ3) is 2.62. The maximum Gasteiger partial charge on any atom is 0.0175 e. The van der Waals surface area contributed by atoms with Crippen LogP contribution in [-0.4, -0.2) is 0 Å². The summed E-state index contributed by atoms with van der Waals surface area (Å²) < 4.78 is 1.10. The van der Waals surface area contributed by atoms with Gasteiger partial charge in [-0.2, -0.15) is 0 Å². The Bertz CT molecular complexity index is 138. The van der Waals surface area contributed by atoms with E-state index < -0.39 is 0 Å². The van der Waals surface area contributed by atoms with Gasteiger partial charge in [-0.05, 0) is 18.2 Å². The van der Waals surface area contributed by atoms with E-state index in [9.17, 15) is 0 Å². The van der Waals surface area contributed by atoms with Gasteiger partial charge in [-0.25, -0.2) is 0 Å².